The van der Waals surface area contributed by atoms with Crippen molar-refractivity contribution in [2.75, 3.05) is 6.61 Å². The summed E-state index contributed by atoms with van der Waals surface area (Å²) in [5.41, 5.74) is 0.233. The molecule has 0 bridgehead atoms. The lowest BCUT2D eigenvalue weighted by Gasteiger charge is -2.19. The van der Waals surface area contributed by atoms with E-state index in [1.165, 1.54) is 0 Å². The Kier molecular flexibility index (Phi) is 4.04. The first-order valence-corrected chi connectivity index (χ1v) is 6.25. The molecule has 1 aliphatic heterocycles. The fourth-order valence-corrected chi connectivity index (χ4v) is 2.23. The van der Waals surface area contributed by atoms with Crippen molar-refractivity contribution in [1.29, 1.82) is 0 Å². The third kappa shape index (κ3) is 2.91. The average molecular weight is 253 g/mol. The van der Waals surface area contributed by atoms with Gasteiger partial charge in [-0.25, -0.2) is 4.79 Å². The van der Waals surface area contributed by atoms with Crippen LogP contribution in [0.1, 0.15) is 41.6 Å². The molecule has 2 heterocycles. The number of carboxylic acids is 1. The molecule has 2 atom stereocenters. The molecule has 0 aromatic carbocycles. The van der Waals surface area contributed by atoms with Crippen molar-refractivity contribution in [3.8, 4) is 0 Å². The van der Waals surface area contributed by atoms with Gasteiger partial charge in [0.05, 0.1) is 12.6 Å². The molecular weight excluding hydrogens is 234 g/mol. The molecule has 0 spiro atoms. The van der Waals surface area contributed by atoms with Crippen LogP contribution in [0.4, 0.5) is 0 Å². The highest BCUT2D eigenvalue weighted by Gasteiger charge is 2.22. The molecule has 5 heteroatoms. The van der Waals surface area contributed by atoms with Gasteiger partial charge in [0.2, 0.25) is 0 Å². The lowest BCUT2D eigenvalue weighted by atomic mass is 10.1. The summed E-state index contributed by atoms with van der Waals surface area (Å²) in [5.74, 6) is 0.147. The summed E-state index contributed by atoms with van der Waals surface area (Å²) in [5, 5.41) is 12.2. The van der Waals surface area contributed by atoms with E-state index in [2.05, 4.69) is 12.2 Å². The highest BCUT2D eigenvalue weighted by atomic mass is 16.5. The minimum Gasteiger partial charge on any atom is -0.478 e. The predicted molar refractivity (Wildman–Crippen MR) is 65.7 cm³/mol. The van der Waals surface area contributed by atoms with Gasteiger partial charge in [0.15, 0.2) is 0 Å². The molecule has 1 fully saturated rings. The van der Waals surface area contributed by atoms with Crippen LogP contribution in [-0.4, -0.2) is 29.8 Å². The molecule has 5 nitrogen and oxygen atoms in total. The standard InChI is InChI=1S/C13H19NO4/c1-8(12-4-3-5-17-12)14-7-10-6-11(13(15)16)9(2)18-10/h6,8,12,14H,3-5,7H2,1-2H3,(H,15,16). The van der Waals surface area contributed by atoms with Gasteiger partial charge in [0.1, 0.15) is 17.1 Å². The normalized spacial score (nSPS) is 21.1. The summed E-state index contributed by atoms with van der Waals surface area (Å²) in [4.78, 5) is 10.9. The molecule has 100 valence electrons. The summed E-state index contributed by atoms with van der Waals surface area (Å²) in [7, 11) is 0. The molecule has 0 aliphatic carbocycles. The maximum absolute atomic E-state index is 10.9. The van der Waals surface area contributed by atoms with E-state index in [4.69, 9.17) is 14.3 Å². The molecule has 2 N–H and O–H groups in total. The third-order valence-electron chi connectivity index (χ3n) is 3.32. The van der Waals surface area contributed by atoms with Crippen molar-refractivity contribution in [2.24, 2.45) is 0 Å². The Morgan fingerprint density at radius 3 is 3.00 bits per heavy atom. The fraction of sp³-hybridized carbons (Fsp3) is 0.615. The van der Waals surface area contributed by atoms with E-state index in [-0.39, 0.29) is 17.7 Å². The van der Waals surface area contributed by atoms with Crippen LogP contribution in [0.15, 0.2) is 10.5 Å². The van der Waals surface area contributed by atoms with E-state index in [1.54, 1.807) is 13.0 Å². The van der Waals surface area contributed by atoms with Crippen LogP contribution in [0.25, 0.3) is 0 Å². The molecular formula is C13H19NO4. The second kappa shape index (κ2) is 5.54. The van der Waals surface area contributed by atoms with Gasteiger partial charge < -0.3 is 19.6 Å². The van der Waals surface area contributed by atoms with Crippen LogP contribution in [0, 0.1) is 6.92 Å². The van der Waals surface area contributed by atoms with Gasteiger partial charge in [-0.15, -0.1) is 0 Å². The topological polar surface area (TPSA) is 71.7 Å². The smallest absolute Gasteiger partial charge is 0.339 e. The Labute approximate surface area is 106 Å². The molecule has 18 heavy (non-hydrogen) atoms. The molecule has 0 radical (unpaired) electrons. The number of furan rings is 1. The van der Waals surface area contributed by atoms with Gasteiger partial charge in [-0.2, -0.15) is 0 Å². The average Bonchev–Trinajstić information content (AvgIpc) is 2.94. The Hall–Kier alpha value is -1.33. The predicted octanol–water partition coefficient (Wildman–Crippen LogP) is 1.94. The lowest BCUT2D eigenvalue weighted by molar-refractivity contribution is 0.0695. The summed E-state index contributed by atoms with van der Waals surface area (Å²) >= 11 is 0. The highest BCUT2D eigenvalue weighted by Crippen LogP contribution is 2.17. The van der Waals surface area contributed by atoms with E-state index in [9.17, 15) is 4.79 Å². The summed E-state index contributed by atoms with van der Waals surface area (Å²) < 4.78 is 11.0. The van der Waals surface area contributed by atoms with Crippen molar-refractivity contribution in [3.63, 3.8) is 0 Å². The van der Waals surface area contributed by atoms with Crippen molar-refractivity contribution < 1.29 is 19.1 Å². The number of hydrogen-bond donors (Lipinski definition) is 2. The van der Waals surface area contributed by atoms with E-state index in [1.807, 2.05) is 0 Å². The maximum Gasteiger partial charge on any atom is 0.339 e. The maximum atomic E-state index is 10.9. The number of nitrogens with one attached hydrogen (secondary N) is 1. The SMILES string of the molecule is Cc1oc(CNC(C)C2CCCO2)cc1C(=O)O. The summed E-state index contributed by atoms with van der Waals surface area (Å²) in [6, 6.07) is 1.82. The number of aromatic carboxylic acids is 1. The van der Waals surface area contributed by atoms with Gasteiger partial charge >= 0.3 is 5.97 Å². The molecule has 1 aliphatic rings. The number of carboxylic acid groups (broad SMARTS) is 1. The van der Waals surface area contributed by atoms with Crippen molar-refractivity contribution in [3.05, 3.63) is 23.2 Å². The van der Waals surface area contributed by atoms with Gasteiger partial charge in [0, 0.05) is 12.6 Å². The monoisotopic (exact) mass is 253 g/mol. The second-order valence-electron chi connectivity index (χ2n) is 4.71. The first-order chi connectivity index (χ1) is 8.58. The van der Waals surface area contributed by atoms with E-state index in [0.29, 0.717) is 18.1 Å². The fourth-order valence-electron chi connectivity index (χ4n) is 2.23. The minimum absolute atomic E-state index is 0.233. The van der Waals surface area contributed by atoms with Crippen molar-refractivity contribution >= 4 is 5.97 Å². The number of rotatable bonds is 5. The Bertz CT molecular complexity index is 421. The molecule has 0 saturated carbocycles. The van der Waals surface area contributed by atoms with E-state index in [0.717, 1.165) is 19.4 Å². The second-order valence-corrected chi connectivity index (χ2v) is 4.71. The number of aryl methyl sites for hydroxylation is 1. The van der Waals surface area contributed by atoms with Gasteiger partial charge in [0.25, 0.3) is 0 Å². The Balaban J connectivity index is 1.89. The zero-order valence-electron chi connectivity index (χ0n) is 10.7. The molecule has 0 amide bonds. The van der Waals surface area contributed by atoms with Gasteiger partial charge in [-0.3, -0.25) is 0 Å². The van der Waals surface area contributed by atoms with Crippen LogP contribution in [0.5, 0.6) is 0 Å². The first-order valence-electron chi connectivity index (χ1n) is 6.25. The third-order valence-corrected chi connectivity index (χ3v) is 3.32. The molecule has 2 unspecified atom stereocenters. The quantitative estimate of drug-likeness (QED) is 0.839. The summed E-state index contributed by atoms with van der Waals surface area (Å²) in [6.07, 6.45) is 2.44. The lowest BCUT2D eigenvalue weighted by Crippen LogP contribution is -2.36. The molecule has 2 rings (SSSR count). The largest absolute Gasteiger partial charge is 0.478 e. The first kappa shape index (κ1) is 13.1. The van der Waals surface area contributed by atoms with E-state index < -0.39 is 5.97 Å². The van der Waals surface area contributed by atoms with Crippen LogP contribution in [0.3, 0.4) is 0 Å². The Morgan fingerprint density at radius 2 is 2.44 bits per heavy atom. The van der Waals surface area contributed by atoms with Crippen LogP contribution in [0.2, 0.25) is 0 Å². The zero-order valence-corrected chi connectivity index (χ0v) is 10.7. The number of ether oxygens (including phenoxy) is 1. The molecule has 1 saturated heterocycles. The number of hydrogen-bond acceptors (Lipinski definition) is 4. The molecule has 1 aromatic rings. The Morgan fingerprint density at radius 1 is 1.67 bits per heavy atom. The minimum atomic E-state index is -0.949. The molecule has 1 aromatic heterocycles. The van der Waals surface area contributed by atoms with Crippen LogP contribution < -0.4 is 5.32 Å². The van der Waals surface area contributed by atoms with Gasteiger partial charge in [-0.05, 0) is 32.8 Å². The zero-order chi connectivity index (χ0) is 13.1. The van der Waals surface area contributed by atoms with Crippen LogP contribution in [-0.2, 0) is 11.3 Å². The van der Waals surface area contributed by atoms with Gasteiger partial charge in [-0.1, -0.05) is 0 Å². The van der Waals surface area contributed by atoms with Crippen LogP contribution >= 0.6 is 0 Å². The summed E-state index contributed by atoms with van der Waals surface area (Å²) in [6.45, 7) is 5.09. The number of carbonyl (C=O) groups is 1. The highest BCUT2D eigenvalue weighted by molar-refractivity contribution is 5.88. The van der Waals surface area contributed by atoms with Crippen molar-refractivity contribution in [1.82, 2.24) is 5.32 Å². The van der Waals surface area contributed by atoms with E-state index >= 15 is 0 Å². The van der Waals surface area contributed by atoms with Crippen molar-refractivity contribution in [2.45, 2.75) is 45.4 Å².